The van der Waals surface area contributed by atoms with Crippen molar-refractivity contribution in [2.45, 2.75) is 52.2 Å². The van der Waals surface area contributed by atoms with Crippen molar-refractivity contribution in [3.8, 4) is 45.1 Å². The summed E-state index contributed by atoms with van der Waals surface area (Å²) in [7, 11) is 14.6. The molecule has 13 aromatic rings. The first-order chi connectivity index (χ1) is 55.9. The summed E-state index contributed by atoms with van der Waals surface area (Å²) < 4.78 is 12.1. The molecular weight excluding hydrogens is 1550 g/mol. The number of likely N-dealkylation sites (N-methyl/N-ethyl adjacent to an activating group) is 2. The molecule has 0 spiro atoms. The van der Waals surface area contributed by atoms with Crippen LogP contribution in [0.3, 0.4) is 0 Å². The summed E-state index contributed by atoms with van der Waals surface area (Å²) in [6.45, 7) is 9.10. The molecule has 0 atom stereocenters. The van der Waals surface area contributed by atoms with Gasteiger partial charge >= 0.3 is 11.6 Å². The number of imidazole rings is 1. The van der Waals surface area contributed by atoms with E-state index < -0.39 is 10.5 Å². The molecule has 25 nitrogen and oxygen atoms in total. The van der Waals surface area contributed by atoms with Gasteiger partial charge in [0.2, 0.25) is 0 Å². The Morgan fingerprint density at radius 1 is 0.419 bits per heavy atom. The van der Waals surface area contributed by atoms with Gasteiger partial charge in [0, 0.05) is 158 Å². The van der Waals surface area contributed by atoms with E-state index in [2.05, 4.69) is 36.9 Å². The number of hydrogen-bond acceptors (Lipinski definition) is 18. The molecule has 4 aliphatic carbocycles. The van der Waals surface area contributed by atoms with Crippen LogP contribution in [0.1, 0.15) is 95.6 Å². The van der Waals surface area contributed by atoms with Gasteiger partial charge in [0.15, 0.2) is 28.9 Å². The average molecular weight is 1650 g/mol. The number of nitrogens with zero attached hydrogens (tertiary/aromatic N) is 8. The SMILES string of the molecule is CCc1cnc([N+](=O)[O-])n1C.CNC.CNCCCN.CNCCCn1c2c(c3ccccc3c1=O)C(=O)c1ccccc1-2.CNCCN.C[N-]CCCn1c2c(c3ccccc3c1=O)C(=O)c1ccccc1-2.C[N-]CCn1c2c(c3ccccc3c1=O)C(=O)c1ccccc1-2.O=C1c2ccccc2-c2oc(=O)c3ccccc3c21.[V].[V]. The number of rotatable bonds is 18. The zero-order chi connectivity index (χ0) is 82.4. The van der Waals surface area contributed by atoms with Crippen LogP contribution < -0.4 is 55.0 Å². The number of benzene rings is 8. The molecule has 604 valence electrons. The maximum Gasteiger partial charge on any atom is 0.434 e. The molecule has 0 aliphatic heterocycles. The number of nitrogens with two attached hydrogens (primary N) is 2. The Bertz CT molecular complexity index is 5840. The molecule has 5 heterocycles. The van der Waals surface area contributed by atoms with Gasteiger partial charge in [0.05, 0.1) is 51.8 Å². The quantitative estimate of drug-likeness (QED) is 0.0264. The van der Waals surface area contributed by atoms with E-state index in [1.807, 2.05) is 194 Å². The van der Waals surface area contributed by atoms with Crippen LogP contribution in [0, 0.1) is 10.1 Å². The van der Waals surface area contributed by atoms with Crippen molar-refractivity contribution in [3.63, 3.8) is 0 Å². The largest absolute Gasteiger partial charge is 0.665 e. The summed E-state index contributed by atoms with van der Waals surface area (Å²) in [6, 6.07) is 58.9. The Balaban J connectivity index is 0.000000177. The number of nitrogens with one attached hydrogen (secondary N) is 4. The molecule has 0 unspecified atom stereocenters. The maximum atomic E-state index is 13.0. The molecule has 5 aromatic heterocycles. The molecule has 2 radical (unpaired) electrons. The van der Waals surface area contributed by atoms with Crippen molar-refractivity contribution in [1.29, 1.82) is 0 Å². The van der Waals surface area contributed by atoms with Gasteiger partial charge in [-0.05, 0) is 96.9 Å². The standard InChI is InChI=1S/C20H18N2O2.C20H17N2O2.C19H15N2O2.C16H8O3.C6H9N3O2.C4H12N2.C3H10N2.C2H7N.2V/c2*1-21-11-6-12-22-18-14-8-3-4-9-15(14)19(23)17(18)13-7-2-5-10-16(13)20(22)24;1-20-10-11-21-17-13-7-3-4-8-14(13)18(22)16(17)12-6-2-5-9-15(12)19(21)23;17-14-10-6-2-3-7-11(10)15-13(14)9-5-1-4-8-12(9)16(18)19-15;1-3-5-4-7-6(8(5)2)9(10)11;1-6-4-2-3-5;1-5-3-2-4;1-3-2;;/h2-5,7-10,21H,6,11-12H2,1H3;2-5,7-10H,6,11-12H2,1H3;2-9H,10-11H2,1H3;1-8H;4H,3H2,1-2H3;6H,2-5H2,1H3;5H,2-4H2,1H3;3H,1-2H3;;/q;2*-1;;;;;;;. The third-order valence-corrected chi connectivity index (χ3v) is 19.7. The van der Waals surface area contributed by atoms with Crippen LogP contribution in [-0.2, 0) is 70.2 Å². The monoisotopic (exact) mass is 1650 g/mol. The van der Waals surface area contributed by atoms with Gasteiger partial charge in [-0.2, -0.15) is 14.1 Å². The summed E-state index contributed by atoms with van der Waals surface area (Å²) in [6.07, 6.45) is 4.97. The van der Waals surface area contributed by atoms with Crippen LogP contribution in [0.25, 0.3) is 98.8 Å². The maximum absolute atomic E-state index is 13.0. The fourth-order valence-electron chi connectivity index (χ4n) is 14.4. The van der Waals surface area contributed by atoms with Gasteiger partial charge in [-0.25, -0.2) is 9.36 Å². The van der Waals surface area contributed by atoms with Crippen LogP contribution in [0.15, 0.2) is 224 Å². The molecule has 117 heavy (non-hydrogen) atoms. The topological polar surface area (TPSA) is 354 Å². The Kier molecular flexibility index (Phi) is 34.0. The van der Waals surface area contributed by atoms with Gasteiger partial charge in [0.25, 0.3) is 16.7 Å². The molecule has 27 heteroatoms. The first kappa shape index (κ1) is 91.3. The minimum atomic E-state index is -0.487. The minimum absolute atomic E-state index is 0. The van der Waals surface area contributed by atoms with Crippen LogP contribution >= 0.6 is 0 Å². The van der Waals surface area contributed by atoms with E-state index in [0.717, 1.165) is 114 Å². The summed E-state index contributed by atoms with van der Waals surface area (Å²) >= 11 is 0. The van der Waals surface area contributed by atoms with Gasteiger partial charge in [-0.15, -0.1) is 13.1 Å². The van der Waals surface area contributed by atoms with E-state index in [1.165, 1.54) is 10.8 Å². The molecule has 0 saturated heterocycles. The summed E-state index contributed by atoms with van der Waals surface area (Å²) in [5.74, 6) is 0.232. The van der Waals surface area contributed by atoms with Crippen molar-refractivity contribution in [3.05, 3.63) is 313 Å². The van der Waals surface area contributed by atoms with Gasteiger partial charge in [-0.3, -0.25) is 33.6 Å². The zero-order valence-electron chi connectivity index (χ0n) is 67.1. The number of pyridine rings is 3. The fourth-order valence-corrected chi connectivity index (χ4v) is 14.4. The summed E-state index contributed by atoms with van der Waals surface area (Å²) in [5, 5.41) is 35.4. The first-order valence-electron chi connectivity index (χ1n) is 38.2. The third kappa shape index (κ3) is 19.4. The number of aryl methyl sites for hydroxylation is 1. The number of ketones is 4. The molecule has 8 aromatic carbocycles. The summed E-state index contributed by atoms with van der Waals surface area (Å²) in [4.78, 5) is 116. The second-order valence-electron chi connectivity index (χ2n) is 27.1. The predicted octanol–water partition coefficient (Wildman–Crippen LogP) is 12.1. The number of hydrogen-bond donors (Lipinski definition) is 6. The van der Waals surface area contributed by atoms with Crippen molar-refractivity contribution < 1.29 is 65.6 Å². The van der Waals surface area contributed by atoms with Gasteiger partial charge in [-0.1, -0.05) is 188 Å². The first-order valence-corrected chi connectivity index (χ1v) is 38.2. The van der Waals surface area contributed by atoms with E-state index >= 15 is 0 Å². The molecule has 8 N–H and O–H groups in total. The van der Waals surface area contributed by atoms with Crippen molar-refractivity contribution >= 4 is 72.2 Å². The molecule has 17 rings (SSSR count). The van der Waals surface area contributed by atoms with E-state index in [4.69, 9.17) is 15.9 Å². The Labute approximate surface area is 701 Å². The number of carbonyl (C=O) groups excluding carboxylic acids is 4. The molecule has 0 fully saturated rings. The summed E-state index contributed by atoms with van der Waals surface area (Å²) in [5.41, 5.74) is 21.2. The van der Waals surface area contributed by atoms with Crippen LogP contribution in [0.4, 0.5) is 5.95 Å². The zero-order valence-corrected chi connectivity index (χ0v) is 69.9. The van der Waals surface area contributed by atoms with Gasteiger partial charge in [0.1, 0.15) is 11.9 Å². The number of aromatic nitrogens is 5. The van der Waals surface area contributed by atoms with Crippen LogP contribution in [0.5, 0.6) is 0 Å². The molecule has 0 saturated carbocycles. The van der Waals surface area contributed by atoms with Crippen LogP contribution in [0.2, 0.25) is 0 Å². The van der Waals surface area contributed by atoms with E-state index in [-0.39, 0.29) is 82.9 Å². The molecule has 0 bridgehead atoms. The number of fused-ring (bicyclic) bond motifs is 20. The van der Waals surface area contributed by atoms with Crippen LogP contribution in [-0.4, -0.2) is 146 Å². The predicted molar refractivity (Wildman–Crippen MR) is 459 cm³/mol. The Morgan fingerprint density at radius 3 is 1.08 bits per heavy atom. The fraction of sp³-hybridized carbons (Fsp3) is 0.256. The normalized spacial score (nSPS) is 11.5. The smallest absolute Gasteiger partial charge is 0.434 e. The van der Waals surface area contributed by atoms with Gasteiger partial charge < -0.3 is 71.6 Å². The van der Waals surface area contributed by atoms with Crippen molar-refractivity contribution in [2.75, 3.05) is 95.1 Å². The average Bonchev–Trinajstić information content (AvgIpc) is 1.60. The van der Waals surface area contributed by atoms with Crippen molar-refractivity contribution in [1.82, 2.24) is 44.5 Å². The molecular formula is C90H96N14O11V2-2. The molecule has 4 aliphatic rings. The number of nitro groups is 1. The molecule has 0 amide bonds. The van der Waals surface area contributed by atoms with E-state index in [0.29, 0.717) is 115 Å². The Hall–Kier alpha value is -11.3. The Morgan fingerprint density at radius 2 is 0.744 bits per heavy atom. The second-order valence-corrected chi connectivity index (χ2v) is 27.1. The minimum Gasteiger partial charge on any atom is -0.665 e. The number of carbonyl (C=O) groups is 4. The van der Waals surface area contributed by atoms with E-state index in [9.17, 15) is 48.5 Å². The van der Waals surface area contributed by atoms with E-state index in [1.54, 1.807) is 77.3 Å². The third-order valence-electron chi connectivity index (χ3n) is 19.7. The second kappa shape index (κ2) is 43.6. The van der Waals surface area contributed by atoms with Crippen molar-refractivity contribution in [2.24, 2.45) is 18.5 Å².